The van der Waals surface area contributed by atoms with Gasteiger partial charge in [-0.1, -0.05) is 25.1 Å². The zero-order valence-corrected chi connectivity index (χ0v) is 13.2. The lowest BCUT2D eigenvalue weighted by molar-refractivity contribution is 0.0773. The van der Waals surface area contributed by atoms with E-state index >= 15 is 0 Å². The fraction of sp³-hybridized carbons (Fsp3) is 0.375. The van der Waals surface area contributed by atoms with E-state index in [9.17, 15) is 9.59 Å². The lowest BCUT2D eigenvalue weighted by Crippen LogP contribution is -2.36. The van der Waals surface area contributed by atoms with Crippen molar-refractivity contribution in [2.24, 2.45) is 11.1 Å². The molecule has 1 fully saturated rings. The van der Waals surface area contributed by atoms with Crippen molar-refractivity contribution >= 4 is 29.3 Å². The van der Waals surface area contributed by atoms with Gasteiger partial charge in [-0.25, -0.2) is 4.79 Å². The third-order valence-electron chi connectivity index (χ3n) is 4.21. The maximum atomic E-state index is 12.5. The van der Waals surface area contributed by atoms with Gasteiger partial charge >= 0.3 is 5.63 Å². The van der Waals surface area contributed by atoms with Gasteiger partial charge in [-0.3, -0.25) is 4.79 Å². The van der Waals surface area contributed by atoms with Crippen molar-refractivity contribution in [2.75, 3.05) is 19.6 Å². The molecule has 2 aromatic rings. The second-order valence-corrected chi connectivity index (χ2v) is 5.98. The first-order valence-corrected chi connectivity index (χ1v) is 7.05. The predicted octanol–water partition coefficient (Wildman–Crippen LogP) is 2.03. The van der Waals surface area contributed by atoms with Gasteiger partial charge in [-0.05, 0) is 30.5 Å². The van der Waals surface area contributed by atoms with E-state index < -0.39 is 5.63 Å². The van der Waals surface area contributed by atoms with Crippen LogP contribution in [0.2, 0.25) is 0 Å². The molecule has 1 saturated heterocycles. The summed E-state index contributed by atoms with van der Waals surface area (Å²) in [5.74, 6) is -0.272. The molecule has 118 valence electrons. The molecule has 0 bridgehead atoms. The van der Waals surface area contributed by atoms with Crippen molar-refractivity contribution in [2.45, 2.75) is 13.3 Å². The number of benzene rings is 1. The van der Waals surface area contributed by atoms with Crippen LogP contribution in [0.1, 0.15) is 23.7 Å². The van der Waals surface area contributed by atoms with Crippen LogP contribution < -0.4 is 11.4 Å². The maximum Gasteiger partial charge on any atom is 0.349 e. The predicted molar refractivity (Wildman–Crippen MR) is 87.4 cm³/mol. The molecule has 2 N–H and O–H groups in total. The number of halogens is 1. The fourth-order valence-electron chi connectivity index (χ4n) is 2.75. The Balaban J connectivity index is 0.00000176. The van der Waals surface area contributed by atoms with E-state index in [4.69, 9.17) is 10.2 Å². The average molecular weight is 323 g/mol. The Labute approximate surface area is 134 Å². The molecule has 0 radical (unpaired) electrons. The fourth-order valence-corrected chi connectivity index (χ4v) is 2.75. The molecule has 6 heteroatoms. The Hall–Kier alpha value is -1.85. The molecule has 1 aliphatic rings. The number of amides is 1. The lowest BCUT2D eigenvalue weighted by atomic mass is 9.90. The van der Waals surface area contributed by atoms with Crippen molar-refractivity contribution < 1.29 is 9.21 Å². The van der Waals surface area contributed by atoms with Crippen LogP contribution in [0, 0.1) is 5.41 Å². The van der Waals surface area contributed by atoms with Crippen molar-refractivity contribution in [3.8, 4) is 0 Å². The van der Waals surface area contributed by atoms with E-state index in [2.05, 4.69) is 6.92 Å². The SMILES string of the molecule is CC1(CN)CCN(C(=O)c2cc3ccccc3oc2=O)C1.Cl. The molecule has 1 unspecified atom stereocenters. The van der Waals surface area contributed by atoms with Crippen LogP contribution in [-0.4, -0.2) is 30.4 Å². The lowest BCUT2D eigenvalue weighted by Gasteiger charge is -2.22. The second-order valence-electron chi connectivity index (χ2n) is 5.98. The van der Waals surface area contributed by atoms with Gasteiger partial charge in [0, 0.05) is 18.5 Å². The Morgan fingerprint density at radius 2 is 2.14 bits per heavy atom. The number of para-hydroxylation sites is 1. The number of carbonyl (C=O) groups excluding carboxylic acids is 1. The standard InChI is InChI=1S/C16H18N2O3.ClH/c1-16(9-17)6-7-18(10-16)14(19)12-8-11-4-2-3-5-13(11)21-15(12)20;/h2-5,8H,6-7,9-10,17H2,1H3;1H. The quantitative estimate of drug-likeness (QED) is 0.858. The van der Waals surface area contributed by atoms with E-state index in [0.717, 1.165) is 11.8 Å². The Morgan fingerprint density at radius 1 is 1.41 bits per heavy atom. The molecular formula is C16H19ClN2O3. The zero-order valence-electron chi connectivity index (χ0n) is 12.4. The van der Waals surface area contributed by atoms with Crippen LogP contribution >= 0.6 is 12.4 Å². The average Bonchev–Trinajstić information content (AvgIpc) is 2.89. The number of hydrogen-bond donors (Lipinski definition) is 1. The summed E-state index contributed by atoms with van der Waals surface area (Å²) >= 11 is 0. The van der Waals surface area contributed by atoms with Crippen LogP contribution in [0.5, 0.6) is 0 Å². The monoisotopic (exact) mass is 322 g/mol. The number of hydrogen-bond acceptors (Lipinski definition) is 4. The van der Waals surface area contributed by atoms with Gasteiger partial charge in [0.2, 0.25) is 0 Å². The van der Waals surface area contributed by atoms with E-state index in [1.807, 2.05) is 12.1 Å². The molecule has 22 heavy (non-hydrogen) atoms. The Morgan fingerprint density at radius 3 is 2.82 bits per heavy atom. The highest BCUT2D eigenvalue weighted by atomic mass is 35.5. The van der Waals surface area contributed by atoms with Gasteiger partial charge in [-0.2, -0.15) is 0 Å². The molecule has 1 aliphatic heterocycles. The molecule has 1 aromatic heterocycles. The third-order valence-corrected chi connectivity index (χ3v) is 4.21. The van der Waals surface area contributed by atoms with Gasteiger partial charge < -0.3 is 15.1 Å². The van der Waals surface area contributed by atoms with Gasteiger partial charge in [0.05, 0.1) is 0 Å². The highest BCUT2D eigenvalue weighted by molar-refractivity contribution is 5.96. The molecule has 1 atom stereocenters. The number of nitrogens with zero attached hydrogens (tertiary/aromatic N) is 1. The number of rotatable bonds is 2. The molecule has 1 aromatic carbocycles. The third kappa shape index (κ3) is 2.87. The molecule has 2 heterocycles. The molecule has 3 rings (SSSR count). The molecule has 0 spiro atoms. The molecule has 0 saturated carbocycles. The second kappa shape index (κ2) is 6.10. The molecule has 0 aliphatic carbocycles. The number of fused-ring (bicyclic) bond motifs is 1. The van der Waals surface area contributed by atoms with Crippen LogP contribution in [-0.2, 0) is 0 Å². The summed E-state index contributed by atoms with van der Waals surface area (Å²) in [5.41, 5.74) is 5.69. The first kappa shape index (κ1) is 16.5. The van der Waals surface area contributed by atoms with Gasteiger partial charge in [0.15, 0.2) is 0 Å². The Bertz CT molecular complexity index is 758. The van der Waals surface area contributed by atoms with Gasteiger partial charge in [0.1, 0.15) is 11.1 Å². The van der Waals surface area contributed by atoms with Gasteiger partial charge in [0.25, 0.3) is 5.91 Å². The van der Waals surface area contributed by atoms with Crippen molar-refractivity contribution in [1.29, 1.82) is 0 Å². The van der Waals surface area contributed by atoms with Crippen LogP contribution in [0.25, 0.3) is 11.0 Å². The smallest absolute Gasteiger partial charge is 0.349 e. The zero-order chi connectivity index (χ0) is 15.0. The van der Waals surface area contributed by atoms with E-state index in [1.54, 1.807) is 23.1 Å². The van der Waals surface area contributed by atoms with Crippen LogP contribution in [0.4, 0.5) is 0 Å². The highest BCUT2D eigenvalue weighted by Gasteiger charge is 2.36. The minimum Gasteiger partial charge on any atom is -0.422 e. The number of carbonyl (C=O) groups is 1. The first-order valence-electron chi connectivity index (χ1n) is 7.05. The topological polar surface area (TPSA) is 76.5 Å². The summed E-state index contributed by atoms with van der Waals surface area (Å²) in [6.07, 6.45) is 0.855. The minimum atomic E-state index is -0.583. The first-order chi connectivity index (χ1) is 10.0. The van der Waals surface area contributed by atoms with E-state index in [0.29, 0.717) is 25.2 Å². The maximum absolute atomic E-state index is 12.5. The molecular weight excluding hydrogens is 304 g/mol. The molecule has 1 amide bonds. The summed E-state index contributed by atoms with van der Waals surface area (Å²) in [6.45, 7) is 3.79. The number of nitrogens with two attached hydrogens (primary N) is 1. The summed E-state index contributed by atoms with van der Waals surface area (Å²) in [4.78, 5) is 26.3. The van der Waals surface area contributed by atoms with Crippen LogP contribution in [0.15, 0.2) is 39.5 Å². The largest absolute Gasteiger partial charge is 0.422 e. The number of likely N-dealkylation sites (tertiary alicyclic amines) is 1. The van der Waals surface area contributed by atoms with E-state index in [-0.39, 0.29) is 29.3 Å². The van der Waals surface area contributed by atoms with Gasteiger partial charge in [-0.15, -0.1) is 12.4 Å². The molecule has 5 nitrogen and oxygen atoms in total. The van der Waals surface area contributed by atoms with Crippen molar-refractivity contribution in [1.82, 2.24) is 4.90 Å². The summed E-state index contributed by atoms with van der Waals surface area (Å²) in [5, 5.41) is 0.751. The highest BCUT2D eigenvalue weighted by Crippen LogP contribution is 2.29. The van der Waals surface area contributed by atoms with E-state index in [1.165, 1.54) is 0 Å². The Kier molecular flexibility index (Phi) is 4.58. The minimum absolute atomic E-state index is 0. The normalized spacial score (nSPS) is 20.9. The summed E-state index contributed by atoms with van der Waals surface area (Å²) in [6, 6.07) is 8.79. The summed E-state index contributed by atoms with van der Waals surface area (Å²) < 4.78 is 5.22. The van der Waals surface area contributed by atoms with Crippen molar-refractivity contribution in [3.63, 3.8) is 0 Å². The van der Waals surface area contributed by atoms with Crippen LogP contribution in [0.3, 0.4) is 0 Å². The van der Waals surface area contributed by atoms with Crippen molar-refractivity contribution in [3.05, 3.63) is 46.3 Å². The summed E-state index contributed by atoms with van der Waals surface area (Å²) in [7, 11) is 0.